The maximum absolute atomic E-state index is 9.56. The quantitative estimate of drug-likeness (QED) is 0.449. The molecule has 0 fully saturated rings. The van der Waals surface area contributed by atoms with Crippen molar-refractivity contribution in [1.82, 2.24) is 0 Å². The van der Waals surface area contributed by atoms with Gasteiger partial charge in [0.1, 0.15) is 0 Å². The molecule has 0 radical (unpaired) electrons. The van der Waals surface area contributed by atoms with E-state index in [1.54, 1.807) is 0 Å². The maximum Gasteiger partial charge on any atom is 0.182 e. The molecule has 0 amide bonds. The predicted octanol–water partition coefficient (Wildman–Crippen LogP) is -0.454. The SMILES string of the molecule is CC(O)S(=O)O. The van der Waals surface area contributed by atoms with Crippen molar-refractivity contribution >= 4 is 11.1 Å². The lowest BCUT2D eigenvalue weighted by Crippen LogP contribution is -2.06. The highest BCUT2D eigenvalue weighted by molar-refractivity contribution is 7.79. The molecule has 6 heavy (non-hydrogen) atoms. The van der Waals surface area contributed by atoms with Crippen LogP contribution in [0.15, 0.2) is 0 Å². The van der Waals surface area contributed by atoms with Crippen LogP contribution >= 0.6 is 0 Å². The fraction of sp³-hybridized carbons (Fsp3) is 1.00. The lowest BCUT2D eigenvalue weighted by Gasteiger charge is -1.90. The van der Waals surface area contributed by atoms with E-state index in [4.69, 9.17) is 9.66 Å². The van der Waals surface area contributed by atoms with Crippen molar-refractivity contribution in [3.05, 3.63) is 0 Å². The van der Waals surface area contributed by atoms with Crippen LogP contribution in [0.25, 0.3) is 0 Å². The van der Waals surface area contributed by atoms with Crippen LogP contribution in [0.4, 0.5) is 0 Å². The van der Waals surface area contributed by atoms with Gasteiger partial charge in [-0.2, -0.15) is 0 Å². The highest BCUT2D eigenvalue weighted by Crippen LogP contribution is 1.80. The zero-order valence-corrected chi connectivity index (χ0v) is 4.10. The molecule has 0 bridgehead atoms. The van der Waals surface area contributed by atoms with Crippen LogP contribution in [-0.4, -0.2) is 19.3 Å². The molecule has 0 rings (SSSR count). The summed E-state index contributed by atoms with van der Waals surface area (Å²) < 4.78 is 17.4. The summed E-state index contributed by atoms with van der Waals surface area (Å²) in [6, 6.07) is 0. The fourth-order valence-electron chi connectivity index (χ4n) is 0. The average Bonchev–Trinajstić information content (AvgIpc) is 1.36. The Balaban J connectivity index is 3.26. The molecule has 0 aliphatic carbocycles. The summed E-state index contributed by atoms with van der Waals surface area (Å²) in [6.45, 7) is 1.25. The molecular weight excluding hydrogens is 104 g/mol. The Labute approximate surface area is 38.3 Å². The molecule has 2 unspecified atom stereocenters. The third-order valence-corrected chi connectivity index (χ3v) is 0.875. The number of aliphatic hydroxyl groups excluding tert-OH is 1. The van der Waals surface area contributed by atoms with Crippen LogP contribution in [-0.2, 0) is 11.1 Å². The summed E-state index contributed by atoms with van der Waals surface area (Å²) >= 11 is -2.06. The van der Waals surface area contributed by atoms with Gasteiger partial charge in [0.05, 0.1) is 0 Å². The van der Waals surface area contributed by atoms with E-state index < -0.39 is 16.5 Å². The Kier molecular flexibility index (Phi) is 2.31. The third-order valence-electron chi connectivity index (χ3n) is 0.292. The summed E-state index contributed by atoms with van der Waals surface area (Å²) in [5, 5.41) is 8.08. The zero-order chi connectivity index (χ0) is 5.15. The summed E-state index contributed by atoms with van der Waals surface area (Å²) in [7, 11) is 0. The normalized spacial score (nSPS) is 19.8. The van der Waals surface area contributed by atoms with Crippen LogP contribution in [0.2, 0.25) is 0 Å². The minimum atomic E-state index is -2.06. The second kappa shape index (κ2) is 2.28. The van der Waals surface area contributed by atoms with Crippen LogP contribution < -0.4 is 0 Å². The number of aliphatic hydroxyl groups is 1. The summed E-state index contributed by atoms with van der Waals surface area (Å²) in [5.74, 6) is 0. The summed E-state index contributed by atoms with van der Waals surface area (Å²) in [5.41, 5.74) is -1.12. The largest absolute Gasteiger partial charge is 0.378 e. The van der Waals surface area contributed by atoms with E-state index in [0.717, 1.165) is 0 Å². The van der Waals surface area contributed by atoms with Crippen LogP contribution in [0.1, 0.15) is 6.92 Å². The van der Waals surface area contributed by atoms with Gasteiger partial charge in [-0.15, -0.1) is 0 Å². The van der Waals surface area contributed by atoms with Crippen molar-refractivity contribution in [3.63, 3.8) is 0 Å². The van der Waals surface area contributed by atoms with Crippen LogP contribution in [0, 0.1) is 0 Å². The molecule has 4 heteroatoms. The van der Waals surface area contributed by atoms with Crippen molar-refractivity contribution in [1.29, 1.82) is 0 Å². The molecule has 0 saturated carbocycles. The van der Waals surface area contributed by atoms with Crippen LogP contribution in [0.3, 0.4) is 0 Å². The van der Waals surface area contributed by atoms with Gasteiger partial charge in [0.2, 0.25) is 0 Å². The molecule has 2 atom stereocenters. The molecule has 0 spiro atoms. The Bertz CT molecular complexity index is 59.8. The maximum atomic E-state index is 9.56. The monoisotopic (exact) mass is 110 g/mol. The van der Waals surface area contributed by atoms with E-state index in [9.17, 15) is 4.21 Å². The molecule has 2 N–H and O–H groups in total. The van der Waals surface area contributed by atoms with Gasteiger partial charge in [0.15, 0.2) is 16.5 Å². The molecule has 0 aliphatic rings. The van der Waals surface area contributed by atoms with Crippen molar-refractivity contribution in [2.75, 3.05) is 0 Å². The van der Waals surface area contributed by atoms with E-state index in [2.05, 4.69) is 0 Å². The fourth-order valence-corrected chi connectivity index (χ4v) is 0. The second-order valence-electron chi connectivity index (χ2n) is 0.875. The minimum Gasteiger partial charge on any atom is -0.378 e. The van der Waals surface area contributed by atoms with Crippen molar-refractivity contribution in [3.8, 4) is 0 Å². The predicted molar refractivity (Wildman–Crippen MR) is 22.5 cm³/mol. The van der Waals surface area contributed by atoms with Gasteiger partial charge in [-0.1, -0.05) is 0 Å². The Morgan fingerprint density at radius 3 is 2.00 bits per heavy atom. The molecule has 0 aromatic rings. The Hall–Kier alpha value is 0.0700. The lowest BCUT2D eigenvalue weighted by molar-refractivity contribution is 0.265. The highest BCUT2D eigenvalue weighted by atomic mass is 32.2. The first-order valence-corrected chi connectivity index (χ1v) is 2.59. The van der Waals surface area contributed by atoms with Crippen molar-refractivity contribution in [2.45, 2.75) is 12.4 Å². The molecule has 0 aliphatic heterocycles. The number of hydrogen-bond acceptors (Lipinski definition) is 2. The Morgan fingerprint density at radius 1 is 1.83 bits per heavy atom. The molecule has 0 saturated heterocycles. The molecule has 38 valence electrons. The number of hydrogen-bond donors (Lipinski definition) is 2. The first-order chi connectivity index (χ1) is 2.64. The van der Waals surface area contributed by atoms with Gasteiger partial charge in [0, 0.05) is 0 Å². The first kappa shape index (κ1) is 6.07. The number of rotatable bonds is 1. The summed E-state index contributed by atoms with van der Waals surface area (Å²) in [4.78, 5) is 0. The third kappa shape index (κ3) is 2.32. The molecule has 0 aromatic carbocycles. The van der Waals surface area contributed by atoms with Gasteiger partial charge < -0.3 is 9.66 Å². The van der Waals surface area contributed by atoms with Crippen molar-refractivity contribution in [2.24, 2.45) is 0 Å². The minimum absolute atomic E-state index is 1.12. The van der Waals surface area contributed by atoms with Gasteiger partial charge in [-0.3, -0.25) is 0 Å². The smallest absolute Gasteiger partial charge is 0.182 e. The topological polar surface area (TPSA) is 57.5 Å². The molecular formula is C2H6O3S. The summed E-state index contributed by atoms with van der Waals surface area (Å²) in [6.07, 6.45) is 0. The molecule has 0 heterocycles. The van der Waals surface area contributed by atoms with Crippen LogP contribution in [0.5, 0.6) is 0 Å². The van der Waals surface area contributed by atoms with E-state index in [1.165, 1.54) is 6.92 Å². The molecule has 0 aromatic heterocycles. The van der Waals surface area contributed by atoms with Gasteiger partial charge in [0.25, 0.3) is 0 Å². The van der Waals surface area contributed by atoms with Gasteiger partial charge in [-0.05, 0) is 6.92 Å². The average molecular weight is 110 g/mol. The van der Waals surface area contributed by atoms with E-state index in [-0.39, 0.29) is 0 Å². The second-order valence-corrected chi connectivity index (χ2v) is 2.11. The van der Waals surface area contributed by atoms with E-state index in [0.29, 0.717) is 0 Å². The molecule has 3 nitrogen and oxygen atoms in total. The zero-order valence-electron chi connectivity index (χ0n) is 3.29. The lowest BCUT2D eigenvalue weighted by atomic mass is 10.9. The highest BCUT2D eigenvalue weighted by Gasteiger charge is 1.97. The van der Waals surface area contributed by atoms with E-state index in [1.807, 2.05) is 0 Å². The van der Waals surface area contributed by atoms with E-state index >= 15 is 0 Å². The Morgan fingerprint density at radius 2 is 2.00 bits per heavy atom. The first-order valence-electron chi connectivity index (χ1n) is 1.42. The standard InChI is InChI=1S/C2H6O3S/c1-2(3)6(4)5/h2-3H,1H3,(H,4,5). The van der Waals surface area contributed by atoms with Crippen molar-refractivity contribution < 1.29 is 13.9 Å². The van der Waals surface area contributed by atoms with Gasteiger partial charge >= 0.3 is 0 Å². The van der Waals surface area contributed by atoms with Gasteiger partial charge in [-0.25, -0.2) is 4.21 Å².